The van der Waals surface area contributed by atoms with Gasteiger partial charge in [-0.05, 0) is 17.7 Å². The van der Waals surface area contributed by atoms with Crippen molar-refractivity contribution >= 4 is 18.2 Å². The van der Waals surface area contributed by atoms with Crippen molar-refractivity contribution in [3.63, 3.8) is 0 Å². The second-order valence-corrected chi connectivity index (χ2v) is 2.98. The second-order valence-electron chi connectivity index (χ2n) is 2.98. The monoisotopic (exact) mass is 211 g/mol. The van der Waals surface area contributed by atoms with Gasteiger partial charge in [0.05, 0.1) is 0 Å². The van der Waals surface area contributed by atoms with Gasteiger partial charge in [0.15, 0.2) is 0 Å². The number of allylic oxidation sites excluding steroid dienone is 2. The molecule has 0 spiro atoms. The zero-order valence-corrected chi connectivity index (χ0v) is 7.64. The van der Waals surface area contributed by atoms with Crippen LogP contribution in [0.1, 0.15) is 6.42 Å². The van der Waals surface area contributed by atoms with E-state index < -0.39 is 18.0 Å². The first-order valence-electron chi connectivity index (χ1n) is 4.13. The molecule has 1 atom stereocenters. The predicted octanol–water partition coefficient (Wildman–Crippen LogP) is -0.473. The molecule has 1 aliphatic rings. The number of aliphatic carboxylic acids is 2. The fourth-order valence-corrected chi connectivity index (χ4v) is 1.24. The van der Waals surface area contributed by atoms with Gasteiger partial charge in [0.25, 0.3) is 0 Å². The summed E-state index contributed by atoms with van der Waals surface area (Å²) in [6.45, 7) is 0. The van der Waals surface area contributed by atoms with Crippen LogP contribution in [0.4, 0.5) is 0 Å². The molecule has 0 amide bonds. The minimum Gasteiger partial charge on any atom is -0.480 e. The van der Waals surface area contributed by atoms with Crippen LogP contribution in [-0.2, 0) is 14.4 Å². The molecule has 0 unspecified atom stereocenters. The number of carboxylic acid groups (broad SMARTS) is 2. The lowest BCUT2D eigenvalue weighted by Gasteiger charge is -2.21. The first kappa shape index (κ1) is 11.0. The van der Waals surface area contributed by atoms with Gasteiger partial charge in [-0.1, -0.05) is 0 Å². The minimum atomic E-state index is -1.25. The highest BCUT2D eigenvalue weighted by Crippen LogP contribution is 2.16. The lowest BCUT2D eigenvalue weighted by atomic mass is 10.0. The highest BCUT2D eigenvalue weighted by Gasteiger charge is 2.26. The van der Waals surface area contributed by atoms with Crippen LogP contribution < -0.4 is 5.32 Å². The standard InChI is InChI=1S/C9H9NO5/c11-2-1-5-3-6(8(12)13)10-7(4-5)9(14)15/h1-3,7,10H,4H2,(H,12,13)(H,14,15)/b5-1-/t7-/m0/s1. The third kappa shape index (κ3) is 2.67. The van der Waals surface area contributed by atoms with Crippen LogP contribution in [0, 0.1) is 0 Å². The summed E-state index contributed by atoms with van der Waals surface area (Å²) in [5.74, 6) is -2.41. The van der Waals surface area contributed by atoms with E-state index in [4.69, 9.17) is 10.2 Å². The van der Waals surface area contributed by atoms with Crippen molar-refractivity contribution in [2.45, 2.75) is 12.5 Å². The third-order valence-corrected chi connectivity index (χ3v) is 1.91. The van der Waals surface area contributed by atoms with Gasteiger partial charge in [0, 0.05) is 6.42 Å². The van der Waals surface area contributed by atoms with E-state index in [0.29, 0.717) is 11.9 Å². The smallest absolute Gasteiger partial charge is 0.351 e. The Morgan fingerprint density at radius 1 is 1.47 bits per heavy atom. The van der Waals surface area contributed by atoms with Crippen LogP contribution in [0.25, 0.3) is 0 Å². The Labute approximate surface area is 84.9 Å². The lowest BCUT2D eigenvalue weighted by Crippen LogP contribution is -2.41. The van der Waals surface area contributed by atoms with Gasteiger partial charge in [0.1, 0.15) is 18.0 Å². The molecule has 1 rings (SSSR count). The number of hydrogen-bond donors (Lipinski definition) is 3. The molecule has 0 aliphatic carbocycles. The van der Waals surface area contributed by atoms with Crippen LogP contribution in [0.3, 0.4) is 0 Å². The molecule has 0 fully saturated rings. The van der Waals surface area contributed by atoms with Gasteiger partial charge >= 0.3 is 11.9 Å². The number of carbonyl (C=O) groups is 3. The Balaban J connectivity index is 2.99. The normalized spacial score (nSPS) is 22.8. The molecule has 6 heteroatoms. The van der Waals surface area contributed by atoms with Crippen molar-refractivity contribution in [1.29, 1.82) is 0 Å². The zero-order chi connectivity index (χ0) is 11.4. The summed E-state index contributed by atoms with van der Waals surface area (Å²) in [6, 6.07) is -1.01. The van der Waals surface area contributed by atoms with E-state index in [0.717, 1.165) is 6.08 Å². The largest absolute Gasteiger partial charge is 0.480 e. The Kier molecular flexibility index (Phi) is 3.22. The van der Waals surface area contributed by atoms with Crippen LogP contribution >= 0.6 is 0 Å². The maximum Gasteiger partial charge on any atom is 0.351 e. The molecule has 6 nitrogen and oxygen atoms in total. The second kappa shape index (κ2) is 4.41. The molecular weight excluding hydrogens is 202 g/mol. The van der Waals surface area contributed by atoms with Crippen LogP contribution in [0.2, 0.25) is 0 Å². The van der Waals surface area contributed by atoms with Crippen molar-refractivity contribution < 1.29 is 24.6 Å². The van der Waals surface area contributed by atoms with Gasteiger partial charge in [-0.15, -0.1) is 0 Å². The number of nitrogens with one attached hydrogen (secondary N) is 1. The molecule has 0 aromatic rings. The van der Waals surface area contributed by atoms with E-state index in [9.17, 15) is 14.4 Å². The molecule has 0 saturated heterocycles. The predicted molar refractivity (Wildman–Crippen MR) is 49.0 cm³/mol. The summed E-state index contributed by atoms with van der Waals surface area (Å²) in [5.41, 5.74) is 0.162. The fraction of sp³-hybridized carbons (Fsp3) is 0.222. The summed E-state index contributed by atoms with van der Waals surface area (Å²) < 4.78 is 0. The molecule has 1 aliphatic heterocycles. The van der Waals surface area contributed by atoms with Crippen LogP contribution in [0.5, 0.6) is 0 Å². The highest BCUT2D eigenvalue weighted by atomic mass is 16.4. The van der Waals surface area contributed by atoms with Crippen molar-refractivity contribution in [1.82, 2.24) is 5.32 Å². The molecule has 0 aromatic carbocycles. The van der Waals surface area contributed by atoms with E-state index in [1.165, 1.54) is 6.08 Å². The molecule has 15 heavy (non-hydrogen) atoms. The molecule has 0 bridgehead atoms. The molecule has 0 radical (unpaired) electrons. The third-order valence-electron chi connectivity index (χ3n) is 1.91. The van der Waals surface area contributed by atoms with Crippen molar-refractivity contribution in [2.75, 3.05) is 0 Å². The number of carboxylic acids is 2. The Hall–Kier alpha value is -2.11. The van der Waals surface area contributed by atoms with E-state index in [1.807, 2.05) is 0 Å². The van der Waals surface area contributed by atoms with E-state index in [-0.39, 0.29) is 12.1 Å². The molecule has 0 saturated carbocycles. The Morgan fingerprint density at radius 3 is 2.60 bits per heavy atom. The Bertz CT molecular complexity index is 369. The van der Waals surface area contributed by atoms with Gasteiger partial charge in [-0.25, -0.2) is 9.59 Å². The average Bonchev–Trinajstić information content (AvgIpc) is 2.17. The first-order chi connectivity index (χ1) is 7.04. The molecule has 3 N–H and O–H groups in total. The van der Waals surface area contributed by atoms with E-state index in [2.05, 4.69) is 5.32 Å². The maximum atomic E-state index is 10.7. The summed E-state index contributed by atoms with van der Waals surface area (Å²) >= 11 is 0. The fourth-order valence-electron chi connectivity index (χ4n) is 1.24. The SMILES string of the molecule is O=C/C=C1/C=C(C(=O)O)N[C@H](C(=O)O)C1. The summed E-state index contributed by atoms with van der Waals surface area (Å²) in [4.78, 5) is 31.5. The van der Waals surface area contributed by atoms with E-state index in [1.54, 1.807) is 0 Å². The summed E-state index contributed by atoms with van der Waals surface area (Å²) in [6.07, 6.45) is 2.98. The average molecular weight is 211 g/mol. The number of rotatable bonds is 3. The number of hydrogen-bond acceptors (Lipinski definition) is 4. The lowest BCUT2D eigenvalue weighted by molar-refractivity contribution is -0.139. The number of aldehydes is 1. The zero-order valence-electron chi connectivity index (χ0n) is 7.64. The Morgan fingerprint density at radius 2 is 2.13 bits per heavy atom. The van der Waals surface area contributed by atoms with Gasteiger partial charge in [-0.2, -0.15) is 0 Å². The first-order valence-corrected chi connectivity index (χ1v) is 4.13. The summed E-state index contributed by atoms with van der Waals surface area (Å²) in [5, 5.41) is 19.8. The van der Waals surface area contributed by atoms with Gasteiger partial charge in [0.2, 0.25) is 0 Å². The quantitative estimate of drug-likeness (QED) is 0.430. The van der Waals surface area contributed by atoms with Gasteiger partial charge in [-0.3, -0.25) is 4.79 Å². The maximum absolute atomic E-state index is 10.7. The van der Waals surface area contributed by atoms with E-state index >= 15 is 0 Å². The molecule has 0 aromatic heterocycles. The minimum absolute atomic E-state index is 0.0881. The summed E-state index contributed by atoms with van der Waals surface area (Å²) in [7, 11) is 0. The highest BCUT2D eigenvalue weighted by molar-refractivity contribution is 5.89. The number of carbonyl (C=O) groups excluding carboxylic acids is 1. The van der Waals surface area contributed by atoms with Gasteiger partial charge < -0.3 is 15.5 Å². The van der Waals surface area contributed by atoms with Crippen molar-refractivity contribution in [3.8, 4) is 0 Å². The van der Waals surface area contributed by atoms with Crippen molar-refractivity contribution in [3.05, 3.63) is 23.4 Å². The van der Waals surface area contributed by atoms with Crippen molar-refractivity contribution in [2.24, 2.45) is 0 Å². The van der Waals surface area contributed by atoms with Crippen LogP contribution in [0.15, 0.2) is 23.4 Å². The topological polar surface area (TPSA) is 104 Å². The molecular formula is C9H9NO5. The van der Waals surface area contributed by atoms with Crippen LogP contribution in [-0.4, -0.2) is 34.5 Å². The molecule has 80 valence electrons. The molecule has 1 heterocycles.